The summed E-state index contributed by atoms with van der Waals surface area (Å²) >= 11 is 0. The predicted octanol–water partition coefficient (Wildman–Crippen LogP) is 4.78. The molecule has 0 aromatic carbocycles. The van der Waals surface area contributed by atoms with Gasteiger partial charge in [0.25, 0.3) is 0 Å². The maximum absolute atomic E-state index is 12.4. The van der Waals surface area contributed by atoms with Gasteiger partial charge in [-0.3, -0.25) is 0 Å². The Hall–Kier alpha value is -2.44. The van der Waals surface area contributed by atoms with E-state index in [0.717, 1.165) is 38.4 Å². The van der Waals surface area contributed by atoms with Crippen molar-refractivity contribution in [2.45, 2.75) is 64.3 Å². The molecule has 1 spiro atoms. The first kappa shape index (κ1) is 25.2. The summed E-state index contributed by atoms with van der Waals surface area (Å²) in [4.78, 5) is 22.8. The minimum absolute atomic E-state index is 0.127. The summed E-state index contributed by atoms with van der Waals surface area (Å²) in [6, 6.07) is 0. The van der Waals surface area contributed by atoms with Gasteiger partial charge in [0.2, 0.25) is 0 Å². The molecular weight excluding hydrogens is 420 g/mol. The third-order valence-corrected chi connectivity index (χ3v) is 7.18. The van der Waals surface area contributed by atoms with Crippen LogP contribution in [0.15, 0.2) is 60.3 Å². The molecule has 0 radical (unpaired) electrons. The molecule has 0 aromatic heterocycles. The first-order valence-electron chi connectivity index (χ1n) is 11.6. The van der Waals surface area contributed by atoms with Crippen LogP contribution in [-0.2, 0) is 23.8 Å². The lowest BCUT2D eigenvalue weighted by atomic mass is 9.67. The summed E-state index contributed by atoms with van der Waals surface area (Å²) in [5.74, 6) is -0.572. The first-order chi connectivity index (χ1) is 15.7. The highest BCUT2D eigenvalue weighted by atomic mass is 16.6. The third kappa shape index (κ3) is 6.33. The molecule has 6 nitrogen and oxygen atoms in total. The highest BCUT2D eigenvalue weighted by Crippen LogP contribution is 2.68. The molecule has 2 saturated carbocycles. The number of carbonyl (C=O) groups excluding carboxylic acids is 1. The van der Waals surface area contributed by atoms with Crippen molar-refractivity contribution in [3.05, 3.63) is 60.3 Å². The molecular formula is C27H36O6. The Balaban J connectivity index is 1.59. The second kappa shape index (κ2) is 10.7. The average molecular weight is 457 g/mol. The van der Waals surface area contributed by atoms with Gasteiger partial charge in [-0.2, -0.15) is 0 Å². The molecule has 6 atom stereocenters. The molecule has 180 valence electrons. The first-order valence-corrected chi connectivity index (χ1v) is 11.6. The van der Waals surface area contributed by atoms with E-state index in [0.29, 0.717) is 5.92 Å². The topological polar surface area (TPSA) is 85.4 Å². The number of rotatable bonds is 10. The highest BCUT2D eigenvalue weighted by Gasteiger charge is 2.70. The van der Waals surface area contributed by atoms with E-state index in [9.17, 15) is 9.59 Å². The Morgan fingerprint density at radius 3 is 2.30 bits per heavy atom. The van der Waals surface area contributed by atoms with Gasteiger partial charge < -0.3 is 19.3 Å². The van der Waals surface area contributed by atoms with Crippen LogP contribution in [0.25, 0.3) is 0 Å². The number of esters is 1. The van der Waals surface area contributed by atoms with Crippen molar-refractivity contribution in [2.75, 3.05) is 13.7 Å². The number of allylic oxidation sites excluding steroid dienone is 8. The Morgan fingerprint density at radius 2 is 1.73 bits per heavy atom. The van der Waals surface area contributed by atoms with Crippen LogP contribution in [-0.4, -0.2) is 48.6 Å². The fourth-order valence-electron chi connectivity index (χ4n) is 5.33. The van der Waals surface area contributed by atoms with Crippen molar-refractivity contribution < 1.29 is 28.9 Å². The second-order valence-electron chi connectivity index (χ2n) is 9.80. The van der Waals surface area contributed by atoms with E-state index in [1.807, 2.05) is 0 Å². The van der Waals surface area contributed by atoms with E-state index in [1.165, 1.54) is 17.7 Å². The van der Waals surface area contributed by atoms with Gasteiger partial charge in [-0.25, -0.2) is 9.59 Å². The number of carbonyl (C=O) groups is 2. The van der Waals surface area contributed by atoms with E-state index in [2.05, 4.69) is 26.8 Å². The van der Waals surface area contributed by atoms with Gasteiger partial charge in [0.1, 0.15) is 12.2 Å². The van der Waals surface area contributed by atoms with Crippen LogP contribution in [0.4, 0.5) is 0 Å². The Morgan fingerprint density at radius 1 is 1.09 bits per heavy atom. The van der Waals surface area contributed by atoms with Crippen molar-refractivity contribution in [1.82, 2.24) is 0 Å². The van der Waals surface area contributed by atoms with Gasteiger partial charge in [-0.05, 0) is 50.9 Å². The van der Waals surface area contributed by atoms with Crippen LogP contribution in [0.2, 0.25) is 0 Å². The van der Waals surface area contributed by atoms with Crippen molar-refractivity contribution in [2.24, 2.45) is 17.3 Å². The van der Waals surface area contributed by atoms with Gasteiger partial charge in [0.05, 0.1) is 12.2 Å². The molecule has 1 aliphatic heterocycles. The molecule has 3 aliphatic rings. The highest BCUT2D eigenvalue weighted by molar-refractivity contribution is 5.82. The fourth-order valence-corrected chi connectivity index (χ4v) is 5.33. The van der Waals surface area contributed by atoms with Crippen molar-refractivity contribution >= 4 is 11.9 Å². The molecule has 2 aliphatic carbocycles. The van der Waals surface area contributed by atoms with Gasteiger partial charge in [-0.15, -0.1) is 0 Å². The number of carboxylic acids is 1. The van der Waals surface area contributed by atoms with Crippen LogP contribution in [0.5, 0.6) is 0 Å². The number of carboxylic acid groups (broad SMARTS) is 1. The molecule has 1 N–H and O–H groups in total. The standard InChI is InChI=1S/C27H36O6/c1-19(2)13-14-20-17-26(20,3)25-24(31-4)21(15-16-27(25)18-32-27)33-23(30)12-10-8-6-5-7-9-11-22(28)29/h5-13,20-21,24-25H,14-18H2,1-4H3,(H,28,29)/b7-5+,8-6+,11-9+,12-10+/t20-,21+,24+,25?,26?,27+/m0/s1. The number of hydrogen-bond acceptors (Lipinski definition) is 5. The largest absolute Gasteiger partial charge is 0.478 e. The third-order valence-electron chi connectivity index (χ3n) is 7.18. The van der Waals surface area contributed by atoms with Crippen LogP contribution in [0.3, 0.4) is 0 Å². The van der Waals surface area contributed by atoms with Gasteiger partial charge >= 0.3 is 11.9 Å². The summed E-state index contributed by atoms with van der Waals surface area (Å²) < 4.78 is 17.8. The molecule has 1 heterocycles. The van der Waals surface area contributed by atoms with Crippen molar-refractivity contribution in [1.29, 1.82) is 0 Å². The molecule has 0 aromatic rings. The molecule has 3 rings (SSSR count). The summed E-state index contributed by atoms with van der Waals surface area (Å²) in [6.07, 6.45) is 17.8. The zero-order chi connectivity index (χ0) is 24.1. The summed E-state index contributed by atoms with van der Waals surface area (Å²) in [5, 5.41) is 8.52. The molecule has 0 amide bonds. The monoisotopic (exact) mass is 456 g/mol. The molecule has 0 bridgehead atoms. The predicted molar refractivity (Wildman–Crippen MR) is 127 cm³/mol. The van der Waals surface area contributed by atoms with Gasteiger partial charge in [-0.1, -0.05) is 55.0 Å². The zero-order valence-electron chi connectivity index (χ0n) is 20.0. The fraction of sp³-hybridized carbons (Fsp3) is 0.556. The molecule has 1 saturated heterocycles. The van der Waals surface area contributed by atoms with Crippen molar-refractivity contribution in [3.8, 4) is 0 Å². The second-order valence-corrected chi connectivity index (χ2v) is 9.80. The number of methoxy groups -OCH3 is 1. The smallest absolute Gasteiger partial charge is 0.331 e. The van der Waals surface area contributed by atoms with Crippen LogP contribution < -0.4 is 0 Å². The minimum Gasteiger partial charge on any atom is -0.478 e. The van der Waals surface area contributed by atoms with Crippen molar-refractivity contribution in [3.63, 3.8) is 0 Å². The number of hydrogen-bond donors (Lipinski definition) is 1. The molecule has 33 heavy (non-hydrogen) atoms. The lowest BCUT2D eigenvalue weighted by Crippen LogP contribution is -2.53. The zero-order valence-corrected chi connectivity index (χ0v) is 20.0. The van der Waals surface area contributed by atoms with E-state index < -0.39 is 11.9 Å². The Labute approximate surface area is 196 Å². The van der Waals surface area contributed by atoms with Gasteiger partial charge in [0, 0.05) is 25.2 Å². The summed E-state index contributed by atoms with van der Waals surface area (Å²) in [6.45, 7) is 7.37. The number of aliphatic carboxylic acids is 1. The molecule has 6 heteroatoms. The van der Waals surface area contributed by atoms with Gasteiger partial charge in [0.15, 0.2) is 0 Å². The van der Waals surface area contributed by atoms with E-state index >= 15 is 0 Å². The van der Waals surface area contributed by atoms with Crippen LogP contribution in [0, 0.1) is 17.3 Å². The molecule has 3 fully saturated rings. The van der Waals surface area contributed by atoms with Crippen LogP contribution >= 0.6 is 0 Å². The Kier molecular flexibility index (Phi) is 8.14. The van der Waals surface area contributed by atoms with E-state index in [1.54, 1.807) is 37.5 Å². The van der Waals surface area contributed by atoms with E-state index in [4.69, 9.17) is 19.3 Å². The maximum atomic E-state index is 12.4. The Bertz CT molecular complexity index is 871. The molecule has 2 unspecified atom stereocenters. The minimum atomic E-state index is -0.996. The summed E-state index contributed by atoms with van der Waals surface area (Å²) in [5.41, 5.74) is 1.35. The SMILES string of the molecule is CO[C@H]1C(C2(C)C[C@@H]2CC=C(C)C)[C@@]2(CC[C@H]1OC(=O)/C=C/C=C/C=C/C=C/C(=O)O)CO2. The van der Waals surface area contributed by atoms with E-state index in [-0.39, 0.29) is 29.1 Å². The summed E-state index contributed by atoms with van der Waals surface area (Å²) in [7, 11) is 1.71. The maximum Gasteiger partial charge on any atom is 0.331 e. The normalized spacial score (nSPS) is 35.6. The lowest BCUT2D eigenvalue weighted by Gasteiger charge is -2.44. The average Bonchev–Trinajstić information content (AvgIpc) is 3.67. The number of ether oxygens (including phenoxy) is 3. The lowest BCUT2D eigenvalue weighted by molar-refractivity contribution is -0.167. The van der Waals surface area contributed by atoms with Crippen LogP contribution in [0.1, 0.15) is 46.5 Å². The number of epoxide rings is 1. The quantitative estimate of drug-likeness (QED) is 0.167.